The Morgan fingerprint density at radius 2 is 1.43 bits per heavy atom. The van der Waals surface area contributed by atoms with Gasteiger partial charge in [-0.3, -0.25) is 4.68 Å². The fourth-order valence-corrected chi connectivity index (χ4v) is 4.68. The average Bonchev–Trinajstić information content (AvgIpc) is 3.54. The number of aromatic nitrogens is 6. The third kappa shape index (κ3) is 4.47. The van der Waals surface area contributed by atoms with Crippen LogP contribution in [0.5, 0.6) is 0 Å². The third-order valence-electron chi connectivity index (χ3n) is 6.67. The van der Waals surface area contributed by atoms with E-state index in [2.05, 4.69) is 78.6 Å². The minimum absolute atomic E-state index is 0.814. The van der Waals surface area contributed by atoms with Crippen molar-refractivity contribution in [3.8, 4) is 11.1 Å². The van der Waals surface area contributed by atoms with Crippen molar-refractivity contribution >= 4 is 17.2 Å². The van der Waals surface area contributed by atoms with Crippen LogP contribution in [0.4, 0.5) is 11.6 Å². The maximum atomic E-state index is 4.67. The van der Waals surface area contributed by atoms with E-state index in [1.165, 1.54) is 16.8 Å². The van der Waals surface area contributed by atoms with Crippen LogP contribution in [0.1, 0.15) is 11.1 Å². The molecule has 5 aromatic rings. The van der Waals surface area contributed by atoms with Crippen molar-refractivity contribution < 1.29 is 0 Å². The van der Waals surface area contributed by atoms with E-state index in [-0.39, 0.29) is 0 Å². The fourth-order valence-electron chi connectivity index (χ4n) is 4.68. The van der Waals surface area contributed by atoms with E-state index in [0.29, 0.717) is 0 Å². The van der Waals surface area contributed by atoms with Crippen molar-refractivity contribution in [2.45, 2.75) is 12.8 Å². The lowest BCUT2D eigenvalue weighted by atomic mass is 10.1. The highest BCUT2D eigenvalue weighted by molar-refractivity contribution is 5.75. The fraction of sp³-hybridized carbons (Fsp3) is 0.259. The number of aryl methyl sites for hydroxylation is 3. The molecular weight excluding hydrogens is 436 g/mol. The summed E-state index contributed by atoms with van der Waals surface area (Å²) < 4.78 is 3.77. The highest BCUT2D eigenvalue weighted by Crippen LogP contribution is 2.26. The number of pyridine rings is 1. The maximum Gasteiger partial charge on any atom is 0.225 e. The summed E-state index contributed by atoms with van der Waals surface area (Å²) in [6, 6.07) is 14.8. The Morgan fingerprint density at radius 1 is 0.686 bits per heavy atom. The van der Waals surface area contributed by atoms with Crippen LogP contribution in [0.15, 0.2) is 79.6 Å². The van der Waals surface area contributed by atoms with E-state index < -0.39 is 0 Å². The zero-order chi connectivity index (χ0) is 23.6. The van der Waals surface area contributed by atoms with Crippen molar-refractivity contribution in [1.82, 2.24) is 29.4 Å². The van der Waals surface area contributed by atoms with E-state index >= 15 is 0 Å². The molecule has 0 N–H and O–H groups in total. The topological polar surface area (TPSA) is 67.4 Å². The Bertz CT molecular complexity index is 1410. The molecule has 4 aromatic heterocycles. The molecule has 0 bridgehead atoms. The van der Waals surface area contributed by atoms with E-state index in [9.17, 15) is 0 Å². The first-order chi connectivity index (χ1) is 17.2. The summed E-state index contributed by atoms with van der Waals surface area (Å²) >= 11 is 0. The normalized spacial score (nSPS) is 14.1. The van der Waals surface area contributed by atoms with E-state index in [1.54, 1.807) is 0 Å². The Morgan fingerprint density at radius 3 is 2.17 bits per heavy atom. The van der Waals surface area contributed by atoms with Crippen molar-refractivity contribution in [2.24, 2.45) is 7.05 Å². The molecule has 8 nitrogen and oxygen atoms in total. The molecule has 0 aliphatic carbocycles. The van der Waals surface area contributed by atoms with Crippen molar-refractivity contribution in [2.75, 3.05) is 36.0 Å². The van der Waals surface area contributed by atoms with E-state index in [4.69, 9.17) is 0 Å². The number of anilines is 2. The largest absolute Gasteiger partial charge is 0.365 e. The third-order valence-corrected chi connectivity index (χ3v) is 6.67. The van der Waals surface area contributed by atoms with Gasteiger partial charge in [0.15, 0.2) is 0 Å². The van der Waals surface area contributed by atoms with Gasteiger partial charge in [-0.25, -0.2) is 14.5 Å². The van der Waals surface area contributed by atoms with E-state index in [1.807, 2.05) is 47.2 Å². The molecule has 0 amide bonds. The lowest BCUT2D eigenvalue weighted by Crippen LogP contribution is -2.47. The molecule has 1 aliphatic rings. The molecule has 0 spiro atoms. The number of hydrogen-bond donors (Lipinski definition) is 0. The summed E-state index contributed by atoms with van der Waals surface area (Å²) in [6.45, 7) is 3.58. The lowest BCUT2D eigenvalue weighted by molar-refractivity contribution is 0.640. The number of nitrogens with zero attached hydrogens (tertiary/aromatic N) is 8. The predicted molar refractivity (Wildman–Crippen MR) is 138 cm³/mol. The van der Waals surface area contributed by atoms with Crippen LogP contribution in [-0.4, -0.2) is 55.5 Å². The average molecular weight is 465 g/mol. The second-order valence-electron chi connectivity index (χ2n) is 9.03. The molecule has 0 saturated carbocycles. The van der Waals surface area contributed by atoms with Gasteiger partial charge in [-0.2, -0.15) is 10.2 Å². The van der Waals surface area contributed by atoms with Crippen LogP contribution >= 0.6 is 0 Å². The van der Waals surface area contributed by atoms with E-state index in [0.717, 1.165) is 61.6 Å². The minimum atomic E-state index is 0.814. The van der Waals surface area contributed by atoms with Gasteiger partial charge in [0.25, 0.3) is 0 Å². The molecule has 5 heterocycles. The van der Waals surface area contributed by atoms with Crippen LogP contribution in [0.25, 0.3) is 16.6 Å². The predicted octanol–water partition coefficient (Wildman–Crippen LogP) is 3.64. The quantitative estimate of drug-likeness (QED) is 0.382. The summed E-state index contributed by atoms with van der Waals surface area (Å²) in [6.07, 6.45) is 13.8. The molecule has 1 aromatic carbocycles. The standard InChI is InChI=1S/C27H28N8/c1-32-19-24(17-30-32)23-9-10-25-26(18-31-35(25)20-23)33-11-13-34(14-12-33)27-28-15-22(16-29-27)8-7-21-5-3-2-4-6-21/h2-6,9-10,15-20H,7-8,11-14H2,1H3. The first-order valence-corrected chi connectivity index (χ1v) is 12.0. The van der Waals surface area contributed by atoms with Gasteiger partial charge in [0, 0.05) is 69.1 Å². The summed E-state index contributed by atoms with van der Waals surface area (Å²) in [5.41, 5.74) is 6.99. The molecule has 0 atom stereocenters. The number of benzene rings is 1. The molecule has 8 heteroatoms. The molecule has 35 heavy (non-hydrogen) atoms. The molecule has 0 radical (unpaired) electrons. The summed E-state index contributed by atoms with van der Waals surface area (Å²) in [7, 11) is 1.93. The Labute approximate surface area is 204 Å². The smallest absolute Gasteiger partial charge is 0.225 e. The van der Waals surface area contributed by atoms with Gasteiger partial charge < -0.3 is 9.80 Å². The summed E-state index contributed by atoms with van der Waals surface area (Å²) in [5, 5.41) is 8.90. The first-order valence-electron chi connectivity index (χ1n) is 12.0. The Balaban J connectivity index is 1.09. The molecule has 176 valence electrons. The first kappa shape index (κ1) is 21.3. The van der Waals surface area contributed by atoms with Crippen molar-refractivity contribution in [3.63, 3.8) is 0 Å². The van der Waals surface area contributed by atoms with Crippen LogP contribution in [0.2, 0.25) is 0 Å². The van der Waals surface area contributed by atoms with Gasteiger partial charge in [0.1, 0.15) is 0 Å². The molecule has 6 rings (SSSR count). The van der Waals surface area contributed by atoms with Gasteiger partial charge in [-0.15, -0.1) is 0 Å². The number of piperazine rings is 1. The molecule has 0 unspecified atom stereocenters. The minimum Gasteiger partial charge on any atom is -0.365 e. The zero-order valence-electron chi connectivity index (χ0n) is 19.8. The summed E-state index contributed by atoms with van der Waals surface area (Å²) in [5.74, 6) is 0.814. The van der Waals surface area contributed by atoms with Gasteiger partial charge in [-0.1, -0.05) is 36.4 Å². The maximum absolute atomic E-state index is 4.67. The van der Waals surface area contributed by atoms with Crippen molar-refractivity contribution in [3.05, 3.63) is 90.8 Å². The number of fused-ring (bicyclic) bond motifs is 1. The Hall–Kier alpha value is -4.20. The van der Waals surface area contributed by atoms with Gasteiger partial charge in [0.2, 0.25) is 5.95 Å². The summed E-state index contributed by atoms with van der Waals surface area (Å²) in [4.78, 5) is 14.0. The second kappa shape index (κ2) is 9.21. The molecular formula is C27H28N8. The van der Waals surface area contributed by atoms with Crippen LogP contribution in [0.3, 0.4) is 0 Å². The molecule has 1 saturated heterocycles. The second-order valence-corrected chi connectivity index (χ2v) is 9.03. The number of hydrogen-bond acceptors (Lipinski definition) is 6. The van der Waals surface area contributed by atoms with Gasteiger partial charge >= 0.3 is 0 Å². The van der Waals surface area contributed by atoms with Gasteiger partial charge in [-0.05, 0) is 30.0 Å². The molecule has 1 fully saturated rings. The Kier molecular flexibility index (Phi) is 5.62. The lowest BCUT2D eigenvalue weighted by Gasteiger charge is -2.35. The molecule has 1 aliphatic heterocycles. The zero-order valence-corrected chi connectivity index (χ0v) is 19.8. The van der Waals surface area contributed by atoms with Crippen LogP contribution < -0.4 is 9.80 Å². The highest BCUT2D eigenvalue weighted by atomic mass is 15.3. The van der Waals surface area contributed by atoms with Crippen LogP contribution in [-0.2, 0) is 19.9 Å². The number of rotatable bonds is 6. The highest BCUT2D eigenvalue weighted by Gasteiger charge is 2.21. The van der Waals surface area contributed by atoms with Crippen LogP contribution in [0, 0.1) is 0 Å². The van der Waals surface area contributed by atoms with Crippen molar-refractivity contribution in [1.29, 1.82) is 0 Å². The monoisotopic (exact) mass is 464 g/mol. The van der Waals surface area contributed by atoms with Gasteiger partial charge in [0.05, 0.1) is 23.6 Å². The SMILES string of the molecule is Cn1cc(-c2ccc3c(N4CCN(c5ncc(CCc6ccccc6)cn5)CC4)cnn3c2)cn1.